The summed E-state index contributed by atoms with van der Waals surface area (Å²) in [6.45, 7) is 1.58. The molecule has 1 aromatic heterocycles. The first kappa shape index (κ1) is 20.9. The van der Waals surface area contributed by atoms with Crippen LogP contribution in [0.15, 0.2) is 83.7 Å². The number of nitrogens with zero attached hydrogens (tertiary/aromatic N) is 3. The van der Waals surface area contributed by atoms with Crippen molar-refractivity contribution >= 4 is 22.4 Å². The van der Waals surface area contributed by atoms with Gasteiger partial charge in [-0.3, -0.25) is 19.7 Å². The lowest BCUT2D eigenvalue weighted by atomic mass is 10.0. The van der Waals surface area contributed by atoms with Gasteiger partial charge in [0.25, 0.3) is 11.2 Å². The van der Waals surface area contributed by atoms with Gasteiger partial charge in [-0.05, 0) is 18.6 Å². The van der Waals surface area contributed by atoms with Crippen LogP contribution in [0.3, 0.4) is 0 Å². The Morgan fingerprint density at radius 1 is 1.03 bits per heavy atom. The number of nitrogens with one attached hydrogen (secondary N) is 1. The van der Waals surface area contributed by atoms with E-state index in [0.29, 0.717) is 22.0 Å². The Morgan fingerprint density at radius 3 is 2.44 bits per heavy atom. The van der Waals surface area contributed by atoms with E-state index in [9.17, 15) is 19.7 Å². The minimum absolute atomic E-state index is 0.0828. The number of carbonyl (C=O) groups excluding carboxylic acids is 1. The van der Waals surface area contributed by atoms with Crippen LogP contribution in [0.5, 0.6) is 0 Å². The van der Waals surface area contributed by atoms with Crippen molar-refractivity contribution in [2.24, 2.45) is 0 Å². The lowest BCUT2D eigenvalue weighted by Crippen LogP contribution is -2.35. The molecule has 1 atom stereocenters. The number of hydrogen-bond acceptors (Lipinski definition) is 5. The molecule has 4 rings (SSSR count). The molecule has 0 saturated heterocycles. The van der Waals surface area contributed by atoms with Crippen molar-refractivity contribution < 1.29 is 9.72 Å². The van der Waals surface area contributed by atoms with E-state index in [-0.39, 0.29) is 24.2 Å². The number of amides is 1. The van der Waals surface area contributed by atoms with Crippen molar-refractivity contribution in [3.63, 3.8) is 0 Å². The molecule has 0 aliphatic heterocycles. The van der Waals surface area contributed by atoms with Crippen LogP contribution in [0.1, 0.15) is 18.5 Å². The van der Waals surface area contributed by atoms with Gasteiger partial charge in [0.05, 0.1) is 22.0 Å². The van der Waals surface area contributed by atoms with Gasteiger partial charge in [-0.25, -0.2) is 4.68 Å². The number of nitro groups is 1. The van der Waals surface area contributed by atoms with Crippen molar-refractivity contribution in [1.82, 2.24) is 15.1 Å². The lowest BCUT2D eigenvalue weighted by molar-refractivity contribution is -0.384. The maximum absolute atomic E-state index is 13.0. The molecule has 3 aromatic carbocycles. The van der Waals surface area contributed by atoms with Crippen LogP contribution in [-0.2, 0) is 11.3 Å². The topological polar surface area (TPSA) is 107 Å². The fourth-order valence-electron chi connectivity index (χ4n) is 3.57. The van der Waals surface area contributed by atoms with E-state index in [1.807, 2.05) is 37.3 Å². The monoisotopic (exact) mass is 428 g/mol. The number of rotatable bonds is 6. The lowest BCUT2D eigenvalue weighted by Gasteiger charge is -2.15. The zero-order valence-corrected chi connectivity index (χ0v) is 17.3. The second-order valence-corrected chi connectivity index (χ2v) is 7.36. The Kier molecular flexibility index (Phi) is 5.76. The fraction of sp³-hybridized carbons (Fsp3) is 0.125. The molecule has 1 amide bonds. The Morgan fingerprint density at radius 2 is 1.72 bits per heavy atom. The number of aromatic nitrogens is 2. The molecule has 4 aromatic rings. The maximum atomic E-state index is 13.0. The third-order valence-electron chi connectivity index (χ3n) is 5.17. The average Bonchev–Trinajstić information content (AvgIpc) is 2.81. The van der Waals surface area contributed by atoms with Crippen molar-refractivity contribution in [2.45, 2.75) is 19.5 Å². The summed E-state index contributed by atoms with van der Waals surface area (Å²) in [6, 6.07) is 22.2. The predicted octanol–water partition coefficient (Wildman–Crippen LogP) is 3.85. The van der Waals surface area contributed by atoms with Crippen LogP contribution >= 0.6 is 0 Å². The van der Waals surface area contributed by atoms with E-state index in [1.165, 1.54) is 12.1 Å². The summed E-state index contributed by atoms with van der Waals surface area (Å²) in [4.78, 5) is 36.4. The molecule has 0 radical (unpaired) electrons. The maximum Gasteiger partial charge on any atom is 0.275 e. The van der Waals surface area contributed by atoms with Crippen molar-refractivity contribution in [2.75, 3.05) is 0 Å². The molecule has 1 unspecified atom stereocenters. The molecule has 8 heteroatoms. The molecule has 0 spiro atoms. The van der Waals surface area contributed by atoms with Gasteiger partial charge in [0.2, 0.25) is 5.91 Å². The third kappa shape index (κ3) is 4.24. The van der Waals surface area contributed by atoms with Crippen LogP contribution in [0.25, 0.3) is 22.0 Å². The summed E-state index contributed by atoms with van der Waals surface area (Å²) in [6.07, 6.45) is 0. The Labute approximate surface area is 183 Å². The molecule has 0 fully saturated rings. The minimum Gasteiger partial charge on any atom is -0.348 e. The first-order chi connectivity index (χ1) is 15.4. The zero-order valence-electron chi connectivity index (χ0n) is 17.3. The third-order valence-corrected chi connectivity index (χ3v) is 5.17. The Balaban J connectivity index is 1.72. The summed E-state index contributed by atoms with van der Waals surface area (Å²) in [5, 5.41) is 19.4. The molecule has 32 heavy (non-hydrogen) atoms. The van der Waals surface area contributed by atoms with E-state index >= 15 is 0 Å². The van der Waals surface area contributed by atoms with Gasteiger partial charge < -0.3 is 5.32 Å². The fourth-order valence-corrected chi connectivity index (χ4v) is 3.57. The molecule has 0 bridgehead atoms. The van der Waals surface area contributed by atoms with Crippen LogP contribution in [0.4, 0.5) is 5.69 Å². The molecule has 8 nitrogen and oxygen atoms in total. The molecular formula is C24H20N4O4. The normalized spacial score (nSPS) is 11.8. The number of nitro benzene ring substituents is 1. The zero-order chi connectivity index (χ0) is 22.7. The summed E-state index contributed by atoms with van der Waals surface area (Å²) >= 11 is 0. The molecule has 1 N–H and O–H groups in total. The molecule has 160 valence electrons. The Bertz CT molecular complexity index is 1370. The standard InChI is InChI=1S/C24H20N4O4/c1-16(17-8-3-2-4-9-17)25-22(29)15-27-24(30)21-13-6-5-12-20(21)23(26-27)18-10-7-11-19(14-18)28(31)32/h2-14,16H,15H2,1H3,(H,25,29). The summed E-state index contributed by atoms with van der Waals surface area (Å²) < 4.78 is 1.10. The summed E-state index contributed by atoms with van der Waals surface area (Å²) in [7, 11) is 0. The van der Waals surface area contributed by atoms with Crippen LogP contribution in [0, 0.1) is 10.1 Å². The highest BCUT2D eigenvalue weighted by atomic mass is 16.6. The van der Waals surface area contributed by atoms with Crippen LogP contribution in [-0.4, -0.2) is 20.6 Å². The van der Waals surface area contributed by atoms with Gasteiger partial charge in [-0.2, -0.15) is 5.10 Å². The highest BCUT2D eigenvalue weighted by Gasteiger charge is 2.17. The number of benzene rings is 3. The second-order valence-electron chi connectivity index (χ2n) is 7.36. The Hall–Kier alpha value is -4.33. The highest BCUT2D eigenvalue weighted by molar-refractivity contribution is 5.94. The van der Waals surface area contributed by atoms with E-state index in [4.69, 9.17) is 0 Å². The van der Waals surface area contributed by atoms with Crippen molar-refractivity contribution in [3.8, 4) is 11.3 Å². The number of carbonyl (C=O) groups is 1. The van der Waals surface area contributed by atoms with Gasteiger partial charge in [0.1, 0.15) is 6.54 Å². The van der Waals surface area contributed by atoms with E-state index in [0.717, 1.165) is 10.2 Å². The first-order valence-electron chi connectivity index (χ1n) is 10.0. The van der Waals surface area contributed by atoms with Crippen molar-refractivity contribution in [3.05, 3.63) is 105 Å². The smallest absolute Gasteiger partial charge is 0.275 e. The summed E-state index contributed by atoms with van der Waals surface area (Å²) in [5.41, 5.74) is 1.34. The first-order valence-corrected chi connectivity index (χ1v) is 10.0. The molecule has 1 heterocycles. The molecular weight excluding hydrogens is 408 g/mol. The van der Waals surface area contributed by atoms with Gasteiger partial charge in [-0.1, -0.05) is 60.7 Å². The van der Waals surface area contributed by atoms with E-state index in [1.54, 1.807) is 36.4 Å². The number of fused-ring (bicyclic) bond motifs is 1. The molecule has 0 saturated carbocycles. The SMILES string of the molecule is CC(NC(=O)Cn1nc(-c2cccc([N+](=O)[O-])c2)c2ccccc2c1=O)c1ccccc1. The molecule has 0 aliphatic carbocycles. The van der Waals surface area contributed by atoms with Gasteiger partial charge in [0, 0.05) is 23.1 Å². The van der Waals surface area contributed by atoms with Gasteiger partial charge in [-0.15, -0.1) is 0 Å². The number of hydrogen-bond donors (Lipinski definition) is 1. The van der Waals surface area contributed by atoms with Crippen LogP contribution in [0.2, 0.25) is 0 Å². The average molecular weight is 428 g/mol. The molecule has 0 aliphatic rings. The van der Waals surface area contributed by atoms with E-state index in [2.05, 4.69) is 10.4 Å². The van der Waals surface area contributed by atoms with Crippen LogP contribution < -0.4 is 10.9 Å². The van der Waals surface area contributed by atoms with E-state index < -0.39 is 10.5 Å². The van der Waals surface area contributed by atoms with Gasteiger partial charge >= 0.3 is 0 Å². The quantitative estimate of drug-likeness (QED) is 0.371. The highest BCUT2D eigenvalue weighted by Crippen LogP contribution is 2.27. The number of non-ortho nitro benzene ring substituents is 1. The van der Waals surface area contributed by atoms with Crippen molar-refractivity contribution in [1.29, 1.82) is 0 Å². The minimum atomic E-state index is -0.486. The second kappa shape index (κ2) is 8.81. The van der Waals surface area contributed by atoms with Gasteiger partial charge in [0.15, 0.2) is 0 Å². The summed E-state index contributed by atoms with van der Waals surface area (Å²) in [5.74, 6) is -0.365. The predicted molar refractivity (Wildman–Crippen MR) is 121 cm³/mol. The largest absolute Gasteiger partial charge is 0.348 e.